The predicted octanol–water partition coefficient (Wildman–Crippen LogP) is 3.49. The first-order valence-electron chi connectivity index (χ1n) is 6.87. The number of hydrogen-bond donors (Lipinski definition) is 1. The SMILES string of the molecule is CCN(CC)Cc1ccccc1NC(=O)CCCCl. The summed E-state index contributed by atoms with van der Waals surface area (Å²) in [4.78, 5) is 14.1. The van der Waals surface area contributed by atoms with Crippen LogP contribution < -0.4 is 5.32 Å². The van der Waals surface area contributed by atoms with Crippen molar-refractivity contribution in [2.45, 2.75) is 33.2 Å². The number of alkyl halides is 1. The van der Waals surface area contributed by atoms with Crippen LogP contribution in [-0.2, 0) is 11.3 Å². The van der Waals surface area contributed by atoms with Gasteiger partial charge in [-0.3, -0.25) is 9.69 Å². The highest BCUT2D eigenvalue weighted by Gasteiger charge is 2.08. The quantitative estimate of drug-likeness (QED) is 0.740. The number of amides is 1. The fraction of sp³-hybridized carbons (Fsp3) is 0.533. The molecule has 1 aromatic carbocycles. The third-order valence-corrected chi connectivity index (χ3v) is 3.38. The molecule has 0 saturated heterocycles. The van der Waals surface area contributed by atoms with Gasteiger partial charge in [-0.05, 0) is 31.1 Å². The Labute approximate surface area is 120 Å². The Morgan fingerprint density at radius 1 is 1.26 bits per heavy atom. The molecule has 0 aliphatic heterocycles. The maximum absolute atomic E-state index is 11.8. The summed E-state index contributed by atoms with van der Waals surface area (Å²) in [5, 5.41) is 2.97. The van der Waals surface area contributed by atoms with Crippen LogP contribution in [0.4, 0.5) is 5.69 Å². The molecule has 0 heterocycles. The zero-order valence-corrected chi connectivity index (χ0v) is 12.5. The Kier molecular flexibility index (Phi) is 7.53. The molecule has 0 radical (unpaired) electrons. The first-order chi connectivity index (χ1) is 9.21. The van der Waals surface area contributed by atoms with Crippen LogP contribution in [0, 0.1) is 0 Å². The topological polar surface area (TPSA) is 32.3 Å². The summed E-state index contributed by atoms with van der Waals surface area (Å²) < 4.78 is 0. The molecule has 1 N–H and O–H groups in total. The minimum atomic E-state index is 0.0349. The fourth-order valence-electron chi connectivity index (χ4n) is 1.91. The van der Waals surface area contributed by atoms with Crippen molar-refractivity contribution in [3.8, 4) is 0 Å². The molecule has 1 amide bonds. The van der Waals surface area contributed by atoms with Gasteiger partial charge >= 0.3 is 0 Å². The number of para-hydroxylation sites is 1. The molecule has 0 aliphatic carbocycles. The first-order valence-corrected chi connectivity index (χ1v) is 7.40. The summed E-state index contributed by atoms with van der Waals surface area (Å²) in [7, 11) is 0. The van der Waals surface area contributed by atoms with Crippen molar-refractivity contribution in [1.29, 1.82) is 0 Å². The molecule has 0 unspecified atom stereocenters. The van der Waals surface area contributed by atoms with Crippen LogP contribution in [0.5, 0.6) is 0 Å². The van der Waals surface area contributed by atoms with Gasteiger partial charge in [-0.25, -0.2) is 0 Å². The van der Waals surface area contributed by atoms with Gasteiger partial charge in [0.1, 0.15) is 0 Å². The zero-order chi connectivity index (χ0) is 14.1. The highest BCUT2D eigenvalue weighted by molar-refractivity contribution is 6.18. The van der Waals surface area contributed by atoms with Gasteiger partial charge in [0.05, 0.1) is 0 Å². The number of anilines is 1. The summed E-state index contributed by atoms with van der Waals surface area (Å²) in [5.41, 5.74) is 2.07. The van der Waals surface area contributed by atoms with Gasteiger partial charge in [0, 0.05) is 24.5 Å². The number of nitrogens with one attached hydrogen (secondary N) is 1. The summed E-state index contributed by atoms with van der Waals surface area (Å²) in [5.74, 6) is 0.557. The molecule has 4 heteroatoms. The number of nitrogens with zero attached hydrogens (tertiary/aromatic N) is 1. The van der Waals surface area contributed by atoms with E-state index in [0.29, 0.717) is 18.7 Å². The Morgan fingerprint density at radius 2 is 1.95 bits per heavy atom. The standard InChI is InChI=1S/C15H23ClN2O/c1-3-18(4-2)12-13-8-5-6-9-14(13)17-15(19)10-7-11-16/h5-6,8-9H,3-4,7,10-12H2,1-2H3,(H,17,19). The molecule has 0 aromatic heterocycles. The van der Waals surface area contributed by atoms with Crippen LogP contribution in [0.25, 0.3) is 0 Å². The molecule has 19 heavy (non-hydrogen) atoms. The summed E-state index contributed by atoms with van der Waals surface area (Å²) in [6, 6.07) is 7.98. The Hall–Kier alpha value is -1.06. The van der Waals surface area contributed by atoms with E-state index in [-0.39, 0.29) is 5.91 Å². The molecule has 0 saturated carbocycles. The lowest BCUT2D eigenvalue weighted by Crippen LogP contribution is -2.23. The zero-order valence-electron chi connectivity index (χ0n) is 11.8. The van der Waals surface area contributed by atoms with E-state index >= 15 is 0 Å². The van der Waals surface area contributed by atoms with Gasteiger partial charge in [0.2, 0.25) is 5.91 Å². The van der Waals surface area contributed by atoms with Gasteiger partial charge < -0.3 is 5.32 Å². The van der Waals surface area contributed by atoms with E-state index in [4.69, 9.17) is 11.6 Å². The van der Waals surface area contributed by atoms with E-state index in [2.05, 4.69) is 30.1 Å². The highest BCUT2D eigenvalue weighted by Crippen LogP contribution is 2.17. The van der Waals surface area contributed by atoms with Gasteiger partial charge in [0.15, 0.2) is 0 Å². The predicted molar refractivity (Wildman–Crippen MR) is 81.7 cm³/mol. The Balaban J connectivity index is 2.69. The molecule has 0 fully saturated rings. The lowest BCUT2D eigenvalue weighted by molar-refractivity contribution is -0.116. The van der Waals surface area contributed by atoms with E-state index in [1.165, 1.54) is 0 Å². The Bertz CT molecular complexity index is 391. The van der Waals surface area contributed by atoms with Crippen LogP contribution in [0.2, 0.25) is 0 Å². The van der Waals surface area contributed by atoms with Crippen LogP contribution in [0.3, 0.4) is 0 Å². The van der Waals surface area contributed by atoms with Gasteiger partial charge in [-0.15, -0.1) is 11.6 Å². The van der Waals surface area contributed by atoms with Crippen molar-refractivity contribution in [3.05, 3.63) is 29.8 Å². The number of rotatable bonds is 8. The van der Waals surface area contributed by atoms with Crippen molar-refractivity contribution in [3.63, 3.8) is 0 Å². The maximum atomic E-state index is 11.8. The van der Waals surface area contributed by atoms with Crippen molar-refractivity contribution < 1.29 is 4.79 Å². The third-order valence-electron chi connectivity index (χ3n) is 3.12. The molecule has 1 aromatic rings. The molecule has 0 atom stereocenters. The number of carbonyl (C=O) groups is 1. The number of hydrogen-bond acceptors (Lipinski definition) is 2. The van der Waals surface area contributed by atoms with Crippen LogP contribution in [0.1, 0.15) is 32.3 Å². The van der Waals surface area contributed by atoms with Gasteiger partial charge in [0.25, 0.3) is 0 Å². The first kappa shape index (κ1) is 16.0. The van der Waals surface area contributed by atoms with Crippen molar-refractivity contribution in [2.75, 3.05) is 24.3 Å². The number of benzene rings is 1. The van der Waals surface area contributed by atoms with E-state index in [1.807, 2.05) is 18.2 Å². The molecule has 0 bridgehead atoms. The highest BCUT2D eigenvalue weighted by atomic mass is 35.5. The summed E-state index contributed by atoms with van der Waals surface area (Å²) in [6.07, 6.45) is 1.19. The van der Waals surface area contributed by atoms with Crippen molar-refractivity contribution in [2.24, 2.45) is 0 Å². The second-order valence-corrected chi connectivity index (χ2v) is 4.84. The van der Waals surface area contributed by atoms with Crippen molar-refractivity contribution >= 4 is 23.2 Å². The van der Waals surface area contributed by atoms with Crippen LogP contribution in [0.15, 0.2) is 24.3 Å². The second-order valence-electron chi connectivity index (χ2n) is 4.46. The molecule has 3 nitrogen and oxygen atoms in total. The summed E-state index contributed by atoms with van der Waals surface area (Å²) >= 11 is 5.60. The average Bonchev–Trinajstić information content (AvgIpc) is 2.44. The van der Waals surface area contributed by atoms with E-state index in [9.17, 15) is 4.79 Å². The smallest absolute Gasteiger partial charge is 0.224 e. The monoisotopic (exact) mass is 282 g/mol. The molecule has 106 valence electrons. The molecular formula is C15H23ClN2O. The lowest BCUT2D eigenvalue weighted by Gasteiger charge is -2.20. The van der Waals surface area contributed by atoms with Crippen LogP contribution in [-0.4, -0.2) is 29.8 Å². The third kappa shape index (κ3) is 5.62. The largest absolute Gasteiger partial charge is 0.326 e. The van der Waals surface area contributed by atoms with Gasteiger partial charge in [-0.1, -0.05) is 32.0 Å². The van der Waals surface area contributed by atoms with Gasteiger partial charge in [-0.2, -0.15) is 0 Å². The minimum Gasteiger partial charge on any atom is -0.326 e. The summed E-state index contributed by atoms with van der Waals surface area (Å²) in [6.45, 7) is 7.16. The second kappa shape index (κ2) is 8.94. The van der Waals surface area contributed by atoms with E-state index in [1.54, 1.807) is 0 Å². The van der Waals surface area contributed by atoms with E-state index in [0.717, 1.165) is 30.9 Å². The minimum absolute atomic E-state index is 0.0349. The molecule has 0 spiro atoms. The maximum Gasteiger partial charge on any atom is 0.224 e. The van der Waals surface area contributed by atoms with Crippen molar-refractivity contribution in [1.82, 2.24) is 4.90 Å². The Morgan fingerprint density at radius 3 is 2.58 bits per heavy atom. The lowest BCUT2D eigenvalue weighted by atomic mass is 10.1. The molecule has 1 rings (SSSR count). The van der Waals surface area contributed by atoms with Crippen LogP contribution >= 0.6 is 11.6 Å². The normalized spacial score (nSPS) is 10.7. The molecular weight excluding hydrogens is 260 g/mol. The fourth-order valence-corrected chi connectivity index (χ4v) is 2.04. The molecule has 0 aliphatic rings. The number of carbonyl (C=O) groups excluding carboxylic acids is 1. The average molecular weight is 283 g/mol. The van der Waals surface area contributed by atoms with E-state index < -0.39 is 0 Å². The number of halogens is 1.